The first-order valence-corrected chi connectivity index (χ1v) is 2.46. The number of aromatic nitrogens is 1. The second kappa shape index (κ2) is 2.81. The summed E-state index contributed by atoms with van der Waals surface area (Å²) in [6.07, 6.45) is 2.14. The molecule has 1 N–H and O–H groups in total. The summed E-state index contributed by atoms with van der Waals surface area (Å²) in [6.45, 7) is 0. The van der Waals surface area contributed by atoms with Gasteiger partial charge < -0.3 is 5.32 Å². The van der Waals surface area contributed by atoms with E-state index in [0.29, 0.717) is 12.2 Å². The quantitative estimate of drug-likeness (QED) is 0.577. The van der Waals surface area contributed by atoms with Crippen LogP contribution in [0.5, 0.6) is 0 Å². The van der Waals surface area contributed by atoms with Gasteiger partial charge in [-0.3, -0.25) is 4.79 Å². The summed E-state index contributed by atoms with van der Waals surface area (Å²) in [7, 11) is 0. The van der Waals surface area contributed by atoms with Crippen LogP contribution in [0.1, 0.15) is 0 Å². The molecule has 1 rings (SSSR count). The van der Waals surface area contributed by atoms with Crippen LogP contribution in [-0.2, 0) is 4.79 Å². The van der Waals surface area contributed by atoms with Gasteiger partial charge in [0.05, 0.1) is 0 Å². The summed E-state index contributed by atoms with van der Waals surface area (Å²) < 4.78 is 0. The van der Waals surface area contributed by atoms with Gasteiger partial charge >= 0.3 is 0 Å². The zero-order chi connectivity index (χ0) is 6.53. The fourth-order valence-electron chi connectivity index (χ4n) is 0.464. The molecule has 1 amide bonds. The molecule has 0 aliphatic rings. The highest BCUT2D eigenvalue weighted by atomic mass is 16.1. The monoisotopic (exact) mass is 121 g/mol. The maximum Gasteiger partial charge on any atom is 0.212 e. The summed E-state index contributed by atoms with van der Waals surface area (Å²) in [4.78, 5) is 13.6. The Bertz CT molecular complexity index is 186. The van der Waals surface area contributed by atoms with E-state index in [1.807, 2.05) is 0 Å². The summed E-state index contributed by atoms with van der Waals surface area (Å²) >= 11 is 0. The van der Waals surface area contributed by atoms with Gasteiger partial charge in [-0.1, -0.05) is 0 Å². The third-order valence-electron chi connectivity index (χ3n) is 0.811. The first-order chi connectivity index (χ1) is 4.43. The van der Waals surface area contributed by atoms with Crippen molar-refractivity contribution in [2.24, 2.45) is 0 Å². The van der Waals surface area contributed by atoms with E-state index in [9.17, 15) is 4.79 Å². The minimum Gasteiger partial charge on any atom is -0.313 e. The molecule has 0 bridgehead atoms. The molecule has 45 valence electrons. The van der Waals surface area contributed by atoms with Crippen molar-refractivity contribution in [1.82, 2.24) is 4.98 Å². The normalized spacial score (nSPS) is 8.44. The van der Waals surface area contributed by atoms with Crippen LogP contribution in [0.4, 0.5) is 5.82 Å². The topological polar surface area (TPSA) is 42.0 Å². The number of nitrogens with one attached hydrogen (secondary N) is 1. The Hall–Kier alpha value is -1.38. The average Bonchev–Trinajstić information content (AvgIpc) is 1.91. The molecule has 0 atom stereocenters. The van der Waals surface area contributed by atoms with Crippen LogP contribution in [0.2, 0.25) is 0 Å². The van der Waals surface area contributed by atoms with Crippen molar-refractivity contribution in [2.75, 3.05) is 5.32 Å². The van der Waals surface area contributed by atoms with Crippen LogP contribution < -0.4 is 5.32 Å². The summed E-state index contributed by atoms with van der Waals surface area (Å²) in [6, 6.07) is 6.02. The fourth-order valence-corrected chi connectivity index (χ4v) is 0.464. The molecule has 0 aliphatic heterocycles. The lowest BCUT2D eigenvalue weighted by Crippen LogP contribution is -1.94. The molecule has 3 heteroatoms. The molecule has 3 nitrogen and oxygen atoms in total. The van der Waals surface area contributed by atoms with Crippen molar-refractivity contribution >= 4 is 12.2 Å². The lowest BCUT2D eigenvalue weighted by molar-refractivity contribution is -0.105. The molecule has 1 heterocycles. The number of nitrogens with zero attached hydrogens (tertiary/aromatic N) is 1. The molecule has 0 aromatic carbocycles. The molecule has 0 saturated carbocycles. The van der Waals surface area contributed by atoms with Gasteiger partial charge in [-0.15, -0.1) is 0 Å². The van der Waals surface area contributed by atoms with E-state index in [-0.39, 0.29) is 0 Å². The van der Waals surface area contributed by atoms with Crippen molar-refractivity contribution in [2.45, 2.75) is 0 Å². The molecule has 1 aromatic rings. The van der Waals surface area contributed by atoms with Crippen molar-refractivity contribution < 1.29 is 4.79 Å². The van der Waals surface area contributed by atoms with Gasteiger partial charge in [0.25, 0.3) is 0 Å². The van der Waals surface area contributed by atoms with E-state index in [1.165, 1.54) is 0 Å². The van der Waals surface area contributed by atoms with E-state index < -0.39 is 0 Å². The molecule has 0 aliphatic carbocycles. The number of hydrogen-bond donors (Lipinski definition) is 1. The Kier molecular flexibility index (Phi) is 1.80. The number of hydrogen-bond acceptors (Lipinski definition) is 2. The number of carbonyl (C=O) groups excluding carboxylic acids is 1. The number of carbonyl (C=O) groups is 1. The number of amides is 1. The largest absolute Gasteiger partial charge is 0.313 e. The Morgan fingerprint density at radius 2 is 2.67 bits per heavy atom. The molecule has 0 fully saturated rings. The number of rotatable bonds is 2. The average molecular weight is 121 g/mol. The van der Waals surface area contributed by atoms with E-state index in [4.69, 9.17) is 0 Å². The van der Waals surface area contributed by atoms with Crippen molar-refractivity contribution in [3.8, 4) is 0 Å². The van der Waals surface area contributed by atoms with E-state index in [1.54, 1.807) is 18.3 Å². The van der Waals surface area contributed by atoms with Gasteiger partial charge in [-0.05, 0) is 18.2 Å². The third-order valence-corrected chi connectivity index (χ3v) is 0.811. The standard InChI is InChI=1S/C6H5N2O/c9-5-8-6-3-1-2-4-7-6/h2-5H,(H,7,8,9). The number of anilines is 1. The minimum absolute atomic E-state index is 0.521. The van der Waals surface area contributed by atoms with E-state index in [2.05, 4.69) is 16.4 Å². The molecule has 0 unspecified atom stereocenters. The third kappa shape index (κ3) is 1.53. The van der Waals surface area contributed by atoms with Crippen LogP contribution >= 0.6 is 0 Å². The van der Waals surface area contributed by atoms with Gasteiger partial charge in [-0.2, -0.15) is 0 Å². The summed E-state index contributed by atoms with van der Waals surface area (Å²) in [5, 5.41) is 2.38. The van der Waals surface area contributed by atoms with Gasteiger partial charge in [-0.25, -0.2) is 4.98 Å². The molecule has 0 saturated heterocycles. The van der Waals surface area contributed by atoms with Gasteiger partial charge in [0.2, 0.25) is 6.41 Å². The predicted octanol–water partition coefficient (Wildman–Crippen LogP) is 0.450. The van der Waals surface area contributed by atoms with E-state index in [0.717, 1.165) is 0 Å². The first-order valence-electron chi connectivity index (χ1n) is 2.46. The van der Waals surface area contributed by atoms with Crippen molar-refractivity contribution in [3.05, 3.63) is 24.4 Å². The molecule has 0 spiro atoms. The van der Waals surface area contributed by atoms with Crippen LogP contribution in [0.25, 0.3) is 0 Å². The highest BCUT2D eigenvalue weighted by Gasteiger charge is 1.83. The predicted molar refractivity (Wildman–Crippen MR) is 32.8 cm³/mol. The molecule has 1 radical (unpaired) electrons. The molecular weight excluding hydrogens is 116 g/mol. The Labute approximate surface area is 52.7 Å². The molecule has 9 heavy (non-hydrogen) atoms. The zero-order valence-corrected chi connectivity index (χ0v) is 4.66. The lowest BCUT2D eigenvalue weighted by atomic mass is 10.5. The molecular formula is C6H5N2O. The second-order valence-corrected chi connectivity index (χ2v) is 1.40. The Morgan fingerprint density at radius 3 is 3.22 bits per heavy atom. The van der Waals surface area contributed by atoms with Gasteiger partial charge in [0, 0.05) is 6.20 Å². The zero-order valence-electron chi connectivity index (χ0n) is 4.66. The highest BCUT2D eigenvalue weighted by molar-refractivity contribution is 5.68. The minimum atomic E-state index is 0.521. The fraction of sp³-hybridized carbons (Fsp3) is 0. The summed E-state index contributed by atoms with van der Waals surface area (Å²) in [5.41, 5.74) is 0. The number of pyridine rings is 1. The van der Waals surface area contributed by atoms with Crippen LogP contribution in [-0.4, -0.2) is 11.4 Å². The smallest absolute Gasteiger partial charge is 0.212 e. The van der Waals surface area contributed by atoms with Crippen molar-refractivity contribution in [3.63, 3.8) is 0 Å². The summed E-state index contributed by atoms with van der Waals surface area (Å²) in [5.74, 6) is 0.521. The Balaban J connectivity index is 2.72. The SMILES string of the molecule is O=CNc1c[c]ccn1. The van der Waals surface area contributed by atoms with Crippen LogP contribution in [0.3, 0.4) is 0 Å². The van der Waals surface area contributed by atoms with Gasteiger partial charge in [0.15, 0.2) is 0 Å². The highest BCUT2D eigenvalue weighted by Crippen LogP contribution is 1.95. The lowest BCUT2D eigenvalue weighted by Gasteiger charge is -1.91. The Morgan fingerprint density at radius 1 is 1.78 bits per heavy atom. The van der Waals surface area contributed by atoms with E-state index >= 15 is 0 Å². The van der Waals surface area contributed by atoms with Crippen molar-refractivity contribution in [1.29, 1.82) is 0 Å². The second-order valence-electron chi connectivity index (χ2n) is 1.40. The van der Waals surface area contributed by atoms with Crippen LogP contribution in [0.15, 0.2) is 18.3 Å². The maximum atomic E-state index is 9.81. The first kappa shape index (κ1) is 5.75. The molecule has 1 aromatic heterocycles. The van der Waals surface area contributed by atoms with Crippen LogP contribution in [0, 0.1) is 6.07 Å². The maximum absolute atomic E-state index is 9.81. The van der Waals surface area contributed by atoms with Gasteiger partial charge in [0.1, 0.15) is 5.82 Å².